The molecule has 1 fully saturated rings. The normalized spacial score (nSPS) is 20.2. The van der Waals surface area contributed by atoms with Crippen molar-refractivity contribution in [3.8, 4) is 11.8 Å². The van der Waals surface area contributed by atoms with Gasteiger partial charge in [0.2, 0.25) is 0 Å². The van der Waals surface area contributed by atoms with Gasteiger partial charge in [0, 0.05) is 19.5 Å². The SMILES string of the molecule is CCC#CCN1CCC([O])CC1. The van der Waals surface area contributed by atoms with Crippen LogP contribution < -0.4 is 0 Å². The molecule has 0 spiro atoms. The fraction of sp³-hybridized carbons (Fsp3) is 0.800. The van der Waals surface area contributed by atoms with E-state index in [0.29, 0.717) is 0 Å². The van der Waals surface area contributed by atoms with Crippen LogP contribution in [0.4, 0.5) is 0 Å². The third-order valence-electron chi connectivity index (χ3n) is 2.14. The molecule has 0 unspecified atom stereocenters. The van der Waals surface area contributed by atoms with Crippen LogP contribution in [0.5, 0.6) is 0 Å². The molecule has 0 atom stereocenters. The summed E-state index contributed by atoms with van der Waals surface area (Å²) in [5.41, 5.74) is 0. The molecule has 1 heterocycles. The molecular weight excluding hydrogens is 150 g/mol. The lowest BCUT2D eigenvalue weighted by atomic mass is 10.1. The van der Waals surface area contributed by atoms with Gasteiger partial charge in [-0.15, -0.1) is 5.92 Å². The van der Waals surface area contributed by atoms with Gasteiger partial charge in [-0.2, -0.15) is 0 Å². The molecule has 1 rings (SSSR count). The first-order valence-corrected chi connectivity index (χ1v) is 4.67. The Bertz CT molecular complexity index is 172. The molecule has 12 heavy (non-hydrogen) atoms. The van der Waals surface area contributed by atoms with Crippen LogP contribution in [-0.4, -0.2) is 30.6 Å². The lowest BCUT2D eigenvalue weighted by Gasteiger charge is -2.26. The first-order valence-electron chi connectivity index (χ1n) is 4.67. The van der Waals surface area contributed by atoms with Crippen LogP contribution in [0.3, 0.4) is 0 Å². The van der Waals surface area contributed by atoms with E-state index in [1.165, 1.54) is 0 Å². The minimum Gasteiger partial charge on any atom is -0.292 e. The van der Waals surface area contributed by atoms with Gasteiger partial charge in [-0.3, -0.25) is 4.90 Å². The van der Waals surface area contributed by atoms with E-state index in [4.69, 9.17) is 0 Å². The number of nitrogens with zero attached hydrogens (tertiary/aromatic N) is 1. The molecule has 1 saturated heterocycles. The van der Waals surface area contributed by atoms with Crippen LogP contribution in [0.1, 0.15) is 26.2 Å². The van der Waals surface area contributed by atoms with Crippen LogP contribution in [-0.2, 0) is 5.11 Å². The first kappa shape index (κ1) is 9.57. The number of likely N-dealkylation sites (tertiary alicyclic amines) is 1. The molecule has 67 valence electrons. The quantitative estimate of drug-likeness (QED) is 0.538. The van der Waals surface area contributed by atoms with E-state index in [2.05, 4.69) is 23.7 Å². The maximum Gasteiger partial charge on any atom is 0.0954 e. The van der Waals surface area contributed by atoms with E-state index < -0.39 is 0 Å². The van der Waals surface area contributed by atoms with Crippen molar-refractivity contribution in [1.82, 2.24) is 4.90 Å². The van der Waals surface area contributed by atoms with E-state index in [9.17, 15) is 5.11 Å². The van der Waals surface area contributed by atoms with Crippen LogP contribution in [0, 0.1) is 11.8 Å². The van der Waals surface area contributed by atoms with Gasteiger partial charge in [0.05, 0.1) is 12.6 Å². The van der Waals surface area contributed by atoms with Gasteiger partial charge in [0.15, 0.2) is 0 Å². The number of hydrogen-bond acceptors (Lipinski definition) is 1. The minimum absolute atomic E-state index is 0.319. The highest BCUT2D eigenvalue weighted by Crippen LogP contribution is 2.09. The summed E-state index contributed by atoms with van der Waals surface area (Å²) in [4.78, 5) is 2.26. The second-order valence-electron chi connectivity index (χ2n) is 3.18. The summed E-state index contributed by atoms with van der Waals surface area (Å²) in [6.45, 7) is 4.77. The first-order chi connectivity index (χ1) is 5.83. The number of hydrogen-bond donors (Lipinski definition) is 0. The lowest BCUT2D eigenvalue weighted by Crippen LogP contribution is -2.35. The van der Waals surface area contributed by atoms with Crippen molar-refractivity contribution in [2.45, 2.75) is 32.3 Å². The zero-order valence-corrected chi connectivity index (χ0v) is 7.68. The summed E-state index contributed by atoms with van der Waals surface area (Å²) in [6.07, 6.45) is 2.21. The maximum atomic E-state index is 11.0. The van der Waals surface area contributed by atoms with Crippen LogP contribution in [0.25, 0.3) is 0 Å². The molecular formula is C10H16NO. The minimum atomic E-state index is -0.319. The zero-order chi connectivity index (χ0) is 8.81. The fourth-order valence-electron chi connectivity index (χ4n) is 1.36. The molecule has 1 aliphatic heterocycles. The van der Waals surface area contributed by atoms with Crippen LogP contribution in [0.2, 0.25) is 0 Å². The van der Waals surface area contributed by atoms with Crippen molar-refractivity contribution in [1.29, 1.82) is 0 Å². The molecule has 2 heteroatoms. The summed E-state index contributed by atoms with van der Waals surface area (Å²) in [5, 5.41) is 11.0. The molecule has 0 amide bonds. The number of rotatable bonds is 1. The summed E-state index contributed by atoms with van der Waals surface area (Å²) in [6, 6.07) is 0. The van der Waals surface area contributed by atoms with Crippen LogP contribution in [0.15, 0.2) is 0 Å². The van der Waals surface area contributed by atoms with Gasteiger partial charge in [0.25, 0.3) is 0 Å². The molecule has 1 radical (unpaired) electrons. The monoisotopic (exact) mass is 166 g/mol. The molecule has 0 N–H and O–H groups in total. The Morgan fingerprint density at radius 3 is 2.58 bits per heavy atom. The van der Waals surface area contributed by atoms with Crippen molar-refractivity contribution in [3.05, 3.63) is 0 Å². The van der Waals surface area contributed by atoms with E-state index in [1.54, 1.807) is 0 Å². The third-order valence-corrected chi connectivity index (χ3v) is 2.14. The van der Waals surface area contributed by atoms with E-state index in [0.717, 1.165) is 38.9 Å². The predicted octanol–water partition coefficient (Wildman–Crippen LogP) is 1.29. The molecule has 0 saturated carbocycles. The second-order valence-corrected chi connectivity index (χ2v) is 3.18. The van der Waals surface area contributed by atoms with Crippen molar-refractivity contribution in [2.75, 3.05) is 19.6 Å². The highest BCUT2D eigenvalue weighted by atomic mass is 16.3. The molecule has 2 nitrogen and oxygen atoms in total. The second kappa shape index (κ2) is 5.18. The smallest absolute Gasteiger partial charge is 0.0954 e. The molecule has 0 aromatic carbocycles. The Labute approximate surface area is 74.6 Å². The predicted molar refractivity (Wildman–Crippen MR) is 48.2 cm³/mol. The molecule has 0 aromatic rings. The van der Waals surface area contributed by atoms with E-state index in [1.807, 2.05) is 0 Å². The molecule has 0 bridgehead atoms. The Hall–Kier alpha value is -0.520. The topological polar surface area (TPSA) is 23.1 Å². The molecule has 0 aliphatic carbocycles. The van der Waals surface area contributed by atoms with Gasteiger partial charge >= 0.3 is 0 Å². The fourth-order valence-corrected chi connectivity index (χ4v) is 1.36. The Balaban J connectivity index is 2.17. The molecule has 1 aliphatic rings. The average molecular weight is 166 g/mol. The van der Waals surface area contributed by atoms with Gasteiger partial charge < -0.3 is 0 Å². The maximum absolute atomic E-state index is 11.0. The largest absolute Gasteiger partial charge is 0.292 e. The highest BCUT2D eigenvalue weighted by molar-refractivity contribution is 5.00. The summed E-state index contributed by atoms with van der Waals surface area (Å²) >= 11 is 0. The van der Waals surface area contributed by atoms with E-state index in [-0.39, 0.29) is 6.10 Å². The van der Waals surface area contributed by atoms with Crippen molar-refractivity contribution in [2.24, 2.45) is 0 Å². The lowest BCUT2D eigenvalue weighted by molar-refractivity contribution is 0.0314. The average Bonchev–Trinajstić information content (AvgIpc) is 2.09. The Morgan fingerprint density at radius 2 is 2.00 bits per heavy atom. The number of piperidine rings is 1. The van der Waals surface area contributed by atoms with Crippen molar-refractivity contribution < 1.29 is 5.11 Å². The summed E-state index contributed by atoms with van der Waals surface area (Å²) < 4.78 is 0. The van der Waals surface area contributed by atoms with Gasteiger partial charge in [-0.1, -0.05) is 12.8 Å². The van der Waals surface area contributed by atoms with Crippen molar-refractivity contribution in [3.63, 3.8) is 0 Å². The summed E-state index contributed by atoms with van der Waals surface area (Å²) in [7, 11) is 0. The zero-order valence-electron chi connectivity index (χ0n) is 7.68. The van der Waals surface area contributed by atoms with Gasteiger partial charge in [-0.25, -0.2) is 5.11 Å². The Morgan fingerprint density at radius 1 is 1.33 bits per heavy atom. The van der Waals surface area contributed by atoms with Crippen molar-refractivity contribution >= 4 is 0 Å². The summed E-state index contributed by atoms with van der Waals surface area (Å²) in [5.74, 6) is 6.13. The molecule has 0 aromatic heterocycles. The standard InChI is InChI=1S/C10H16NO/c1-2-3-4-7-11-8-5-10(12)6-9-11/h10H,2,5-9H2,1H3. The van der Waals surface area contributed by atoms with Crippen LogP contribution >= 0.6 is 0 Å². The van der Waals surface area contributed by atoms with Gasteiger partial charge in [0.1, 0.15) is 0 Å². The Kier molecular flexibility index (Phi) is 4.13. The third kappa shape index (κ3) is 3.25. The van der Waals surface area contributed by atoms with Gasteiger partial charge in [-0.05, 0) is 12.8 Å². The van der Waals surface area contributed by atoms with E-state index >= 15 is 0 Å². The highest BCUT2D eigenvalue weighted by Gasteiger charge is 2.16.